The predicted octanol–water partition coefficient (Wildman–Crippen LogP) is 1.53. The van der Waals surface area contributed by atoms with Gasteiger partial charge in [-0.25, -0.2) is 0 Å². The van der Waals surface area contributed by atoms with E-state index >= 15 is 0 Å². The summed E-state index contributed by atoms with van der Waals surface area (Å²) in [4.78, 5) is 11.4. The fraction of sp³-hybridized carbons (Fsp3) is 0.533. The minimum atomic E-state index is -1.02. The van der Waals surface area contributed by atoms with E-state index in [-0.39, 0.29) is 0 Å². The zero-order chi connectivity index (χ0) is 15.0. The summed E-state index contributed by atoms with van der Waals surface area (Å²) in [5, 5.41) is 0. The van der Waals surface area contributed by atoms with Crippen molar-refractivity contribution in [3.05, 3.63) is 29.8 Å². The lowest BCUT2D eigenvalue weighted by Gasteiger charge is -2.21. The van der Waals surface area contributed by atoms with Gasteiger partial charge in [0, 0.05) is 13.5 Å². The normalized spacial score (nSPS) is 13.6. The first-order chi connectivity index (χ1) is 9.49. The molecule has 0 heterocycles. The molecule has 1 atom stereocenters. The van der Waals surface area contributed by atoms with Crippen LogP contribution in [0.25, 0.3) is 0 Å². The van der Waals surface area contributed by atoms with Crippen LogP contribution in [0, 0.1) is 0 Å². The molecule has 0 aliphatic carbocycles. The molecule has 0 aromatic heterocycles. The van der Waals surface area contributed by atoms with Crippen LogP contribution in [0.3, 0.4) is 0 Å². The van der Waals surface area contributed by atoms with Gasteiger partial charge in [0.2, 0.25) is 0 Å². The van der Waals surface area contributed by atoms with E-state index in [0.717, 1.165) is 12.2 Å². The zero-order valence-electron chi connectivity index (χ0n) is 12.3. The summed E-state index contributed by atoms with van der Waals surface area (Å²) in [6.45, 7) is 2.69. The molecule has 1 unspecified atom stereocenters. The second-order valence-electron chi connectivity index (χ2n) is 4.89. The molecule has 2 N–H and O–H groups in total. The van der Waals surface area contributed by atoms with Crippen molar-refractivity contribution in [1.29, 1.82) is 0 Å². The molecular formula is C15H23NO4. The van der Waals surface area contributed by atoms with E-state index in [9.17, 15) is 4.79 Å². The molecule has 0 amide bonds. The van der Waals surface area contributed by atoms with E-state index in [2.05, 4.69) is 4.74 Å². The third kappa shape index (κ3) is 5.19. The molecule has 20 heavy (non-hydrogen) atoms. The maximum absolute atomic E-state index is 11.4. The quantitative estimate of drug-likeness (QED) is 0.732. The summed E-state index contributed by atoms with van der Waals surface area (Å²) >= 11 is 0. The molecule has 0 spiro atoms. The van der Waals surface area contributed by atoms with Crippen molar-refractivity contribution in [1.82, 2.24) is 0 Å². The summed E-state index contributed by atoms with van der Waals surface area (Å²) in [6, 6.07) is 7.79. The summed E-state index contributed by atoms with van der Waals surface area (Å²) < 4.78 is 15.2. The molecule has 1 aromatic carbocycles. The van der Waals surface area contributed by atoms with Crippen molar-refractivity contribution in [2.45, 2.75) is 25.3 Å². The van der Waals surface area contributed by atoms with Crippen LogP contribution in [0.1, 0.15) is 18.9 Å². The van der Waals surface area contributed by atoms with Gasteiger partial charge in [-0.2, -0.15) is 0 Å². The summed E-state index contributed by atoms with van der Waals surface area (Å²) in [5.74, 6) is 0.322. The molecule has 0 bridgehead atoms. The topological polar surface area (TPSA) is 70.8 Å². The lowest BCUT2D eigenvalue weighted by atomic mass is 10.0. The van der Waals surface area contributed by atoms with Gasteiger partial charge in [-0.1, -0.05) is 12.1 Å². The van der Waals surface area contributed by atoms with Gasteiger partial charge in [-0.05, 0) is 31.0 Å². The number of methoxy groups -OCH3 is 2. The van der Waals surface area contributed by atoms with Crippen LogP contribution in [0.2, 0.25) is 0 Å². The Balaban J connectivity index is 2.40. The summed E-state index contributed by atoms with van der Waals surface area (Å²) in [5.41, 5.74) is 6.02. The molecule has 0 radical (unpaired) electrons. The number of carbonyl (C=O) groups is 1. The highest BCUT2D eigenvalue weighted by molar-refractivity contribution is 5.79. The third-order valence-electron chi connectivity index (χ3n) is 3.06. The number of hydrogen-bond donors (Lipinski definition) is 1. The SMILES string of the molecule is COCCc1ccc(OCCC(C)(N)C(=O)OC)cc1. The van der Waals surface area contributed by atoms with Gasteiger partial charge in [-0.3, -0.25) is 4.79 Å². The number of esters is 1. The number of rotatable bonds is 8. The van der Waals surface area contributed by atoms with E-state index in [4.69, 9.17) is 15.2 Å². The van der Waals surface area contributed by atoms with E-state index in [0.29, 0.717) is 19.6 Å². The highest BCUT2D eigenvalue weighted by atomic mass is 16.5. The summed E-state index contributed by atoms with van der Waals surface area (Å²) in [6.07, 6.45) is 1.27. The van der Waals surface area contributed by atoms with Gasteiger partial charge < -0.3 is 19.9 Å². The van der Waals surface area contributed by atoms with E-state index < -0.39 is 11.5 Å². The zero-order valence-corrected chi connectivity index (χ0v) is 12.3. The van der Waals surface area contributed by atoms with Crippen molar-refractivity contribution >= 4 is 5.97 Å². The van der Waals surface area contributed by atoms with E-state index in [1.54, 1.807) is 14.0 Å². The molecule has 112 valence electrons. The standard InChI is InChI=1S/C15H23NO4/c1-15(16,14(17)19-3)9-11-20-13-6-4-12(5-7-13)8-10-18-2/h4-7H,8-11,16H2,1-3H3. The molecule has 0 saturated carbocycles. The molecule has 1 aromatic rings. The molecule has 5 heteroatoms. The predicted molar refractivity (Wildman–Crippen MR) is 76.7 cm³/mol. The number of carbonyl (C=O) groups excluding carboxylic acids is 1. The monoisotopic (exact) mass is 281 g/mol. The number of hydrogen-bond acceptors (Lipinski definition) is 5. The van der Waals surface area contributed by atoms with Gasteiger partial charge in [0.15, 0.2) is 0 Å². The Bertz CT molecular complexity index is 414. The fourth-order valence-corrected chi connectivity index (χ4v) is 1.69. The van der Waals surface area contributed by atoms with Gasteiger partial charge in [-0.15, -0.1) is 0 Å². The maximum atomic E-state index is 11.4. The van der Waals surface area contributed by atoms with Crippen LogP contribution < -0.4 is 10.5 Å². The van der Waals surface area contributed by atoms with Crippen molar-refractivity contribution in [3.63, 3.8) is 0 Å². The van der Waals surface area contributed by atoms with Crippen molar-refractivity contribution in [3.8, 4) is 5.75 Å². The van der Waals surface area contributed by atoms with E-state index in [1.165, 1.54) is 12.7 Å². The number of benzene rings is 1. The molecule has 0 fully saturated rings. The Morgan fingerprint density at radius 2 is 1.85 bits per heavy atom. The fourth-order valence-electron chi connectivity index (χ4n) is 1.69. The number of nitrogens with two attached hydrogens (primary N) is 1. The molecule has 0 saturated heterocycles. The van der Waals surface area contributed by atoms with Gasteiger partial charge >= 0.3 is 5.97 Å². The van der Waals surface area contributed by atoms with Crippen LogP contribution >= 0.6 is 0 Å². The van der Waals surface area contributed by atoms with Crippen LogP contribution in [-0.4, -0.2) is 38.9 Å². The van der Waals surface area contributed by atoms with Gasteiger partial charge in [0.1, 0.15) is 11.3 Å². The van der Waals surface area contributed by atoms with Crippen molar-refractivity contribution in [2.75, 3.05) is 27.4 Å². The lowest BCUT2D eigenvalue weighted by Crippen LogP contribution is -2.46. The van der Waals surface area contributed by atoms with Crippen LogP contribution in [-0.2, 0) is 20.7 Å². The summed E-state index contributed by atoms with van der Waals surface area (Å²) in [7, 11) is 3.01. The first-order valence-corrected chi connectivity index (χ1v) is 6.57. The molecule has 5 nitrogen and oxygen atoms in total. The Labute approximate surface area is 120 Å². The molecular weight excluding hydrogens is 258 g/mol. The number of ether oxygens (including phenoxy) is 3. The average Bonchev–Trinajstić information content (AvgIpc) is 2.45. The maximum Gasteiger partial charge on any atom is 0.325 e. The van der Waals surface area contributed by atoms with Crippen molar-refractivity contribution < 1.29 is 19.0 Å². The minimum Gasteiger partial charge on any atom is -0.494 e. The van der Waals surface area contributed by atoms with E-state index in [1.807, 2.05) is 24.3 Å². The Morgan fingerprint density at radius 3 is 2.40 bits per heavy atom. The van der Waals surface area contributed by atoms with Crippen LogP contribution in [0.15, 0.2) is 24.3 Å². The van der Waals surface area contributed by atoms with Gasteiger partial charge in [0.25, 0.3) is 0 Å². The average molecular weight is 281 g/mol. The second kappa shape index (κ2) is 7.87. The minimum absolute atomic E-state index is 0.361. The lowest BCUT2D eigenvalue weighted by molar-refractivity contribution is -0.146. The van der Waals surface area contributed by atoms with Crippen LogP contribution in [0.4, 0.5) is 0 Å². The third-order valence-corrected chi connectivity index (χ3v) is 3.06. The smallest absolute Gasteiger partial charge is 0.325 e. The molecule has 1 rings (SSSR count). The van der Waals surface area contributed by atoms with Crippen LogP contribution in [0.5, 0.6) is 5.75 Å². The molecule has 0 aliphatic heterocycles. The Morgan fingerprint density at radius 1 is 1.20 bits per heavy atom. The van der Waals surface area contributed by atoms with Crippen molar-refractivity contribution in [2.24, 2.45) is 5.73 Å². The Kier molecular flexibility index (Phi) is 6.48. The first-order valence-electron chi connectivity index (χ1n) is 6.57. The largest absolute Gasteiger partial charge is 0.494 e. The highest BCUT2D eigenvalue weighted by Crippen LogP contribution is 2.15. The first kappa shape index (κ1) is 16.5. The Hall–Kier alpha value is -1.59. The highest BCUT2D eigenvalue weighted by Gasteiger charge is 2.29. The van der Waals surface area contributed by atoms with Gasteiger partial charge in [0.05, 0.1) is 20.3 Å². The second-order valence-corrected chi connectivity index (χ2v) is 4.89. The molecule has 0 aliphatic rings.